The second-order valence-electron chi connectivity index (χ2n) is 3.24. The highest BCUT2D eigenvalue weighted by Gasteiger charge is 2.05. The molecule has 1 aromatic carbocycles. The van der Waals surface area contributed by atoms with Crippen molar-refractivity contribution in [1.82, 2.24) is 4.98 Å². The van der Waals surface area contributed by atoms with Gasteiger partial charge in [0.2, 0.25) is 0 Å². The average Bonchev–Trinajstić information content (AvgIpc) is 2.99. The standard InChI is InChI=1S/C11H10N4S.2C2H6/c1-14-11-15-6-10(16-11)8-2-7(5-12)3-9(13)4-8;2*1-2/h2-4,6H,13H2,1H3,(H,14,15);2*1-2H3. The molecule has 1 aromatic heterocycles. The van der Waals surface area contributed by atoms with Crippen LogP contribution in [0.15, 0.2) is 24.4 Å². The number of nitrogens with zero attached hydrogens (tertiary/aromatic N) is 2. The SMILES string of the molecule is CC.CC.CNc1ncc(-c2cc(N)cc(C#N)c2)s1. The maximum Gasteiger partial charge on any atom is 0.182 e. The minimum absolute atomic E-state index is 0.564. The molecule has 0 fully saturated rings. The second kappa shape index (κ2) is 9.82. The lowest BCUT2D eigenvalue weighted by Gasteiger charge is -2.00. The van der Waals surface area contributed by atoms with Crippen LogP contribution in [0.3, 0.4) is 0 Å². The van der Waals surface area contributed by atoms with Crippen LogP contribution in [0.25, 0.3) is 10.4 Å². The number of hydrogen-bond donors (Lipinski definition) is 2. The van der Waals surface area contributed by atoms with Crippen LogP contribution in [-0.2, 0) is 0 Å². The topological polar surface area (TPSA) is 74.7 Å². The Labute approximate surface area is 125 Å². The number of anilines is 2. The Morgan fingerprint density at radius 1 is 1.20 bits per heavy atom. The van der Waals surface area contributed by atoms with Crippen LogP contribution in [0.1, 0.15) is 33.3 Å². The lowest BCUT2D eigenvalue weighted by Crippen LogP contribution is -1.87. The van der Waals surface area contributed by atoms with Crippen molar-refractivity contribution in [1.29, 1.82) is 5.26 Å². The Balaban J connectivity index is 0.000000829. The lowest BCUT2D eigenvalue weighted by molar-refractivity contribution is 1.37. The van der Waals surface area contributed by atoms with Gasteiger partial charge in [-0.1, -0.05) is 39.0 Å². The number of aromatic nitrogens is 1. The Bertz CT molecular complexity index is 555. The molecule has 0 amide bonds. The molecule has 2 aromatic rings. The summed E-state index contributed by atoms with van der Waals surface area (Å²) >= 11 is 1.53. The predicted molar refractivity (Wildman–Crippen MR) is 88.9 cm³/mol. The summed E-state index contributed by atoms with van der Waals surface area (Å²) in [5, 5.41) is 12.7. The third-order valence-electron chi connectivity index (χ3n) is 2.09. The average molecular weight is 290 g/mol. The number of thiazole rings is 1. The maximum atomic E-state index is 8.85. The third kappa shape index (κ3) is 4.90. The van der Waals surface area contributed by atoms with Crippen LogP contribution in [0, 0.1) is 11.3 Å². The first-order valence-corrected chi connectivity index (χ1v) is 7.49. The highest BCUT2D eigenvalue weighted by Crippen LogP contribution is 2.30. The zero-order valence-electron chi connectivity index (χ0n) is 12.7. The van der Waals surface area contributed by atoms with E-state index in [9.17, 15) is 0 Å². The van der Waals surface area contributed by atoms with Crippen LogP contribution in [0.2, 0.25) is 0 Å². The highest BCUT2D eigenvalue weighted by molar-refractivity contribution is 7.18. The highest BCUT2D eigenvalue weighted by atomic mass is 32.1. The molecule has 5 heteroatoms. The molecule has 2 rings (SSSR count). The van der Waals surface area contributed by atoms with E-state index in [0.717, 1.165) is 15.6 Å². The van der Waals surface area contributed by atoms with Crippen molar-refractivity contribution in [2.45, 2.75) is 27.7 Å². The smallest absolute Gasteiger partial charge is 0.182 e. The fourth-order valence-corrected chi connectivity index (χ4v) is 2.14. The molecule has 0 atom stereocenters. The van der Waals surface area contributed by atoms with Gasteiger partial charge < -0.3 is 11.1 Å². The second-order valence-corrected chi connectivity index (χ2v) is 4.27. The minimum atomic E-state index is 0.564. The molecule has 0 radical (unpaired) electrons. The first kappa shape index (κ1) is 17.9. The molecule has 0 saturated heterocycles. The molecule has 3 N–H and O–H groups in total. The monoisotopic (exact) mass is 290 g/mol. The normalized spacial score (nSPS) is 8.40. The molecule has 0 saturated carbocycles. The van der Waals surface area contributed by atoms with Gasteiger partial charge in [0.1, 0.15) is 0 Å². The van der Waals surface area contributed by atoms with Crippen LogP contribution in [0.5, 0.6) is 0 Å². The van der Waals surface area contributed by atoms with E-state index < -0.39 is 0 Å². The van der Waals surface area contributed by atoms with Crippen molar-refractivity contribution < 1.29 is 0 Å². The first-order chi connectivity index (χ1) is 9.72. The molecule has 0 aliphatic rings. The zero-order chi connectivity index (χ0) is 15.5. The van der Waals surface area contributed by atoms with Gasteiger partial charge in [0.15, 0.2) is 5.13 Å². The summed E-state index contributed by atoms with van der Waals surface area (Å²) in [5.41, 5.74) is 7.81. The van der Waals surface area contributed by atoms with E-state index >= 15 is 0 Å². The van der Waals surface area contributed by atoms with Crippen molar-refractivity contribution in [3.63, 3.8) is 0 Å². The Kier molecular flexibility index (Phi) is 8.80. The fourth-order valence-electron chi connectivity index (χ4n) is 1.38. The van der Waals surface area contributed by atoms with Gasteiger partial charge in [-0.15, -0.1) is 0 Å². The molecule has 0 unspecified atom stereocenters. The van der Waals surface area contributed by atoms with Gasteiger partial charge >= 0.3 is 0 Å². The number of nitrogens with one attached hydrogen (secondary N) is 1. The summed E-state index contributed by atoms with van der Waals surface area (Å²) in [6.07, 6.45) is 1.77. The Hall–Kier alpha value is -2.06. The predicted octanol–water partition coefficient (Wildman–Crippen LogP) is 4.36. The molecule has 0 spiro atoms. The van der Waals surface area contributed by atoms with Gasteiger partial charge in [-0.3, -0.25) is 0 Å². The molecule has 0 aliphatic carbocycles. The van der Waals surface area contributed by atoms with Gasteiger partial charge in [0.25, 0.3) is 0 Å². The summed E-state index contributed by atoms with van der Waals surface area (Å²) in [6.45, 7) is 8.00. The largest absolute Gasteiger partial charge is 0.399 e. The number of nitriles is 1. The number of nitrogen functional groups attached to an aromatic ring is 1. The summed E-state index contributed by atoms with van der Waals surface area (Å²) in [5.74, 6) is 0. The quantitative estimate of drug-likeness (QED) is 0.806. The zero-order valence-corrected chi connectivity index (χ0v) is 13.5. The molecule has 108 valence electrons. The summed E-state index contributed by atoms with van der Waals surface area (Å²) < 4.78 is 0. The molecule has 20 heavy (non-hydrogen) atoms. The Morgan fingerprint density at radius 2 is 1.85 bits per heavy atom. The Morgan fingerprint density at radius 3 is 2.35 bits per heavy atom. The van der Waals surface area contributed by atoms with Gasteiger partial charge in [0, 0.05) is 18.9 Å². The summed E-state index contributed by atoms with van der Waals surface area (Å²) in [4.78, 5) is 5.17. The lowest BCUT2D eigenvalue weighted by atomic mass is 10.1. The van der Waals surface area contributed by atoms with E-state index in [2.05, 4.69) is 16.4 Å². The summed E-state index contributed by atoms with van der Waals surface area (Å²) in [7, 11) is 1.82. The van der Waals surface area contributed by atoms with E-state index in [1.54, 1.807) is 12.3 Å². The molecule has 4 nitrogen and oxygen atoms in total. The van der Waals surface area contributed by atoms with Crippen LogP contribution in [-0.4, -0.2) is 12.0 Å². The molecule has 0 bridgehead atoms. The van der Waals surface area contributed by atoms with E-state index in [1.807, 2.05) is 46.9 Å². The van der Waals surface area contributed by atoms with Crippen LogP contribution >= 0.6 is 11.3 Å². The van der Waals surface area contributed by atoms with Crippen molar-refractivity contribution >= 4 is 22.2 Å². The number of benzene rings is 1. The molecular weight excluding hydrogens is 268 g/mol. The van der Waals surface area contributed by atoms with E-state index in [0.29, 0.717) is 11.3 Å². The van der Waals surface area contributed by atoms with E-state index in [-0.39, 0.29) is 0 Å². The van der Waals surface area contributed by atoms with Crippen molar-refractivity contribution in [2.75, 3.05) is 18.1 Å². The number of nitrogens with two attached hydrogens (primary N) is 1. The fraction of sp³-hybridized carbons (Fsp3) is 0.333. The van der Waals surface area contributed by atoms with Gasteiger partial charge in [-0.2, -0.15) is 5.26 Å². The van der Waals surface area contributed by atoms with Crippen molar-refractivity contribution in [3.05, 3.63) is 30.0 Å². The maximum absolute atomic E-state index is 8.85. The molecular formula is C15H22N4S. The first-order valence-electron chi connectivity index (χ1n) is 6.67. The third-order valence-corrected chi connectivity index (χ3v) is 3.15. The summed E-state index contributed by atoms with van der Waals surface area (Å²) in [6, 6.07) is 7.39. The van der Waals surface area contributed by atoms with Crippen molar-refractivity contribution in [2.24, 2.45) is 0 Å². The van der Waals surface area contributed by atoms with Gasteiger partial charge in [-0.25, -0.2) is 4.98 Å². The van der Waals surface area contributed by atoms with E-state index in [4.69, 9.17) is 11.0 Å². The van der Waals surface area contributed by atoms with Crippen LogP contribution in [0.4, 0.5) is 10.8 Å². The molecule has 0 aliphatic heterocycles. The van der Waals surface area contributed by atoms with E-state index in [1.165, 1.54) is 11.3 Å². The number of rotatable bonds is 2. The molecule has 1 heterocycles. The van der Waals surface area contributed by atoms with Crippen molar-refractivity contribution in [3.8, 4) is 16.5 Å². The number of hydrogen-bond acceptors (Lipinski definition) is 5. The van der Waals surface area contributed by atoms with Crippen LogP contribution < -0.4 is 11.1 Å². The minimum Gasteiger partial charge on any atom is -0.399 e. The van der Waals surface area contributed by atoms with Gasteiger partial charge in [-0.05, 0) is 23.8 Å². The van der Waals surface area contributed by atoms with Gasteiger partial charge in [0.05, 0.1) is 16.5 Å².